The van der Waals surface area contributed by atoms with Crippen molar-refractivity contribution in [3.05, 3.63) is 71.0 Å². The van der Waals surface area contributed by atoms with E-state index in [-0.39, 0.29) is 61.6 Å². The van der Waals surface area contributed by atoms with Gasteiger partial charge in [0, 0.05) is 10.8 Å². The van der Waals surface area contributed by atoms with E-state index in [9.17, 15) is 30.0 Å². The number of rotatable bonds is 2. The van der Waals surface area contributed by atoms with E-state index in [2.05, 4.69) is 9.97 Å². The maximum absolute atomic E-state index is 10.7. The molecule has 0 spiro atoms. The Bertz CT molecular complexity index is 1210. The number of carbonyl (C=O) groups excluding carboxylic acids is 2. The van der Waals surface area contributed by atoms with Crippen molar-refractivity contribution in [1.29, 1.82) is 0 Å². The summed E-state index contributed by atoms with van der Waals surface area (Å²) in [4.78, 5) is 29.2. The number of hydrogen-bond acceptors (Lipinski definition) is 8. The minimum atomic E-state index is -1.34. The summed E-state index contributed by atoms with van der Waals surface area (Å²) in [5.41, 5.74) is 1.33. The molecule has 2 aromatic carbocycles. The zero-order chi connectivity index (χ0) is 22.0. The van der Waals surface area contributed by atoms with Gasteiger partial charge in [0.1, 0.15) is 22.5 Å². The Kier molecular flexibility index (Phi) is 7.51. The Morgan fingerprint density at radius 2 is 1.10 bits per heavy atom. The van der Waals surface area contributed by atoms with Gasteiger partial charge in [-0.05, 0) is 49.2 Å². The van der Waals surface area contributed by atoms with Gasteiger partial charge in [0.25, 0.3) is 0 Å². The molecule has 0 aliphatic rings. The molecule has 0 saturated carbocycles. The molecule has 0 atom stereocenters. The zero-order valence-corrected chi connectivity index (χ0v) is 22.2. The monoisotopic (exact) mass is 606 g/mol. The second kappa shape index (κ2) is 9.70. The number of aryl methyl sites for hydroxylation is 2. The van der Waals surface area contributed by atoms with E-state index in [1.807, 2.05) is 0 Å². The van der Waals surface area contributed by atoms with E-state index in [1.54, 1.807) is 50.2 Å². The molecular weight excluding hydrogens is 589 g/mol. The van der Waals surface area contributed by atoms with Gasteiger partial charge in [-0.2, -0.15) is 0 Å². The number of phenols is 2. The quantitative estimate of drug-likeness (QED) is 0.325. The van der Waals surface area contributed by atoms with Gasteiger partial charge < -0.3 is 30.0 Å². The van der Waals surface area contributed by atoms with Crippen LogP contribution >= 0.6 is 0 Å². The van der Waals surface area contributed by atoms with Crippen molar-refractivity contribution in [3.8, 4) is 11.5 Å². The Hall–Kier alpha value is -3.26. The summed E-state index contributed by atoms with van der Waals surface area (Å²) in [6, 6.07) is 13.1. The van der Waals surface area contributed by atoms with Crippen LogP contribution in [0.3, 0.4) is 0 Å². The van der Waals surface area contributed by atoms with Crippen molar-refractivity contribution in [2.24, 2.45) is 0 Å². The number of carboxylic acids is 2. The number of carbonyl (C=O) groups is 2. The van der Waals surface area contributed by atoms with Gasteiger partial charge in [-0.1, -0.05) is 24.3 Å². The van der Waals surface area contributed by atoms with Crippen LogP contribution < -0.4 is 10.2 Å². The number of aromatic hydroxyl groups is 2. The van der Waals surface area contributed by atoms with Crippen LogP contribution in [0.1, 0.15) is 32.1 Å². The van der Waals surface area contributed by atoms with Crippen LogP contribution in [0.4, 0.5) is 0 Å². The Morgan fingerprint density at radius 1 is 0.742 bits per heavy atom. The first-order chi connectivity index (χ1) is 14.2. The van der Waals surface area contributed by atoms with Gasteiger partial charge in [-0.15, -0.1) is 0 Å². The van der Waals surface area contributed by atoms with E-state index in [1.165, 1.54) is 12.1 Å². The van der Waals surface area contributed by atoms with Crippen molar-refractivity contribution in [3.63, 3.8) is 0 Å². The summed E-state index contributed by atoms with van der Waals surface area (Å²) in [7, 11) is 0. The van der Waals surface area contributed by atoms with Crippen molar-refractivity contribution in [1.82, 2.24) is 9.97 Å². The van der Waals surface area contributed by atoms with Gasteiger partial charge in [0.2, 0.25) is 0 Å². The Morgan fingerprint density at radius 3 is 1.42 bits per heavy atom. The molecule has 31 heavy (non-hydrogen) atoms. The minimum absolute atomic E-state index is 0. The van der Waals surface area contributed by atoms with Gasteiger partial charge in [-0.25, -0.2) is 9.97 Å². The number of phenolic OH excluding ortho intramolecular Hbond substituents is 2. The van der Waals surface area contributed by atoms with E-state index < -0.39 is 11.9 Å². The summed E-state index contributed by atoms with van der Waals surface area (Å²) >= 11 is 0. The molecule has 9 heteroatoms. The van der Waals surface area contributed by atoms with E-state index in [0.717, 1.165) is 0 Å². The summed E-state index contributed by atoms with van der Waals surface area (Å²) < 4.78 is 0. The number of benzene rings is 2. The maximum Gasteiger partial charge on any atom is 2.00 e. The number of carboxylic acid groups (broad SMARTS) is 2. The molecule has 0 unspecified atom stereocenters. The first-order valence-electron chi connectivity index (χ1n) is 8.80. The molecule has 8 nitrogen and oxygen atoms in total. The molecule has 0 fully saturated rings. The molecule has 152 valence electrons. The van der Waals surface area contributed by atoms with Gasteiger partial charge >= 0.3 is 27.7 Å². The van der Waals surface area contributed by atoms with E-state index in [4.69, 9.17) is 0 Å². The summed E-state index contributed by atoms with van der Waals surface area (Å²) in [6.07, 6.45) is 0. The average Bonchev–Trinajstić information content (AvgIpc) is 2.67. The molecule has 0 bridgehead atoms. The number of nitrogens with zero attached hydrogens (tertiary/aromatic N) is 2. The largest absolute Gasteiger partial charge is 2.00 e. The number of para-hydroxylation sites is 2. The fourth-order valence-corrected chi connectivity index (χ4v) is 2.99. The molecule has 2 heterocycles. The predicted molar refractivity (Wildman–Crippen MR) is 105 cm³/mol. The summed E-state index contributed by atoms with van der Waals surface area (Å²) in [5.74, 6) is -2.74. The van der Waals surface area contributed by atoms with Crippen LogP contribution in [0.2, 0.25) is 0 Å². The maximum atomic E-state index is 10.7. The molecule has 0 amide bonds. The topological polar surface area (TPSA) is 146 Å². The summed E-state index contributed by atoms with van der Waals surface area (Å²) in [6.45, 7) is 3.28. The number of aromatic nitrogens is 2. The average molecular weight is 605 g/mol. The molecule has 0 saturated heterocycles. The molecule has 0 aliphatic heterocycles. The van der Waals surface area contributed by atoms with E-state index >= 15 is 0 Å². The molecule has 0 aliphatic carbocycles. The number of aromatic carboxylic acids is 2. The molecule has 2 aromatic heterocycles. The number of fused-ring (bicyclic) bond motifs is 2. The van der Waals surface area contributed by atoms with Crippen molar-refractivity contribution in [2.75, 3.05) is 0 Å². The fourth-order valence-electron chi connectivity index (χ4n) is 2.99. The van der Waals surface area contributed by atoms with Crippen molar-refractivity contribution < 1.29 is 57.7 Å². The standard InChI is InChI=1S/2C11H9NO3.Hg/c2*1-6-5-7-3-2-4-8(13)10(7)12-9(6)11(14)15;/h2*2-5,13H,1H3,(H,14,15);/q;;+2/p-2. The fraction of sp³-hybridized carbons (Fsp3) is 0.0909. The van der Waals surface area contributed by atoms with Gasteiger partial charge in [0.05, 0.1) is 23.3 Å². The van der Waals surface area contributed by atoms with Crippen molar-refractivity contribution >= 4 is 33.7 Å². The van der Waals surface area contributed by atoms with Crippen LogP contribution in [0.5, 0.6) is 11.5 Å². The van der Waals surface area contributed by atoms with Crippen LogP contribution in [-0.2, 0) is 27.7 Å². The van der Waals surface area contributed by atoms with Gasteiger partial charge in [-0.3, -0.25) is 0 Å². The van der Waals surface area contributed by atoms with Crippen LogP contribution in [0.15, 0.2) is 48.5 Å². The Labute approximate surface area is 197 Å². The summed E-state index contributed by atoms with van der Waals surface area (Å²) in [5, 5.41) is 41.8. The molecule has 4 rings (SSSR count). The number of hydrogen-bond donors (Lipinski definition) is 2. The third-order valence-electron chi connectivity index (χ3n) is 4.42. The minimum Gasteiger partial charge on any atom is -0.543 e. The number of pyridine rings is 2. The third-order valence-corrected chi connectivity index (χ3v) is 4.42. The smallest absolute Gasteiger partial charge is 0.543 e. The predicted octanol–water partition coefficient (Wildman–Crippen LogP) is 1.22. The van der Waals surface area contributed by atoms with Crippen molar-refractivity contribution in [2.45, 2.75) is 13.8 Å². The normalized spacial score (nSPS) is 10.1. The van der Waals surface area contributed by atoms with E-state index in [0.29, 0.717) is 21.9 Å². The first-order valence-corrected chi connectivity index (χ1v) is 8.80. The second-order valence-electron chi connectivity index (χ2n) is 6.58. The van der Waals surface area contributed by atoms with Crippen LogP contribution in [0, 0.1) is 13.8 Å². The zero-order valence-electron chi connectivity index (χ0n) is 16.7. The SMILES string of the molecule is Cc1cc2cccc(O)c2nc1C(=O)[O-].Cc1cc2cccc(O)c2nc1C(=O)[O-].[Hg+2]. The molecule has 4 aromatic rings. The second-order valence-corrected chi connectivity index (χ2v) is 6.58. The van der Waals surface area contributed by atoms with Crippen LogP contribution in [0.25, 0.3) is 21.8 Å². The molecular formula is C22H16HgN2O6. The molecule has 2 N–H and O–H groups in total. The molecule has 0 radical (unpaired) electrons. The third kappa shape index (κ3) is 5.08. The van der Waals surface area contributed by atoms with Crippen LogP contribution in [-0.4, -0.2) is 32.1 Å². The first kappa shape index (κ1) is 24.0. The Balaban J connectivity index is 0.000000213. The van der Waals surface area contributed by atoms with Gasteiger partial charge in [0.15, 0.2) is 0 Å².